The lowest BCUT2D eigenvalue weighted by Crippen LogP contribution is -2.20. The molecule has 0 spiro atoms. The Morgan fingerprint density at radius 2 is 1.96 bits per heavy atom. The van der Waals surface area contributed by atoms with E-state index in [1.807, 2.05) is 6.07 Å². The average molecular weight is 371 g/mol. The van der Waals surface area contributed by atoms with Crippen LogP contribution in [0.4, 0.5) is 5.69 Å². The maximum Gasteiger partial charge on any atom is 0.331 e. The molecule has 0 radical (unpaired) electrons. The van der Waals surface area contributed by atoms with Gasteiger partial charge in [-0.25, -0.2) is 4.79 Å². The zero-order chi connectivity index (χ0) is 18.9. The highest BCUT2D eigenvalue weighted by atomic mass is 35.5. The topological polar surface area (TPSA) is 88.4 Å². The van der Waals surface area contributed by atoms with Crippen LogP contribution in [0.15, 0.2) is 48.5 Å². The van der Waals surface area contributed by atoms with E-state index in [9.17, 15) is 9.59 Å². The van der Waals surface area contributed by atoms with E-state index in [0.717, 1.165) is 5.56 Å². The lowest BCUT2D eigenvalue weighted by Gasteiger charge is -2.10. The van der Waals surface area contributed by atoms with Gasteiger partial charge in [0.1, 0.15) is 5.75 Å². The highest BCUT2D eigenvalue weighted by Gasteiger charge is 2.10. The Morgan fingerprint density at radius 3 is 2.62 bits per heavy atom. The molecule has 0 aliphatic carbocycles. The number of nitrogens with zero attached hydrogens (tertiary/aromatic N) is 1. The van der Waals surface area contributed by atoms with Gasteiger partial charge >= 0.3 is 5.97 Å². The van der Waals surface area contributed by atoms with Gasteiger partial charge in [-0.05, 0) is 42.0 Å². The minimum Gasteiger partial charge on any atom is -0.495 e. The Bertz CT molecular complexity index is 870. The van der Waals surface area contributed by atoms with E-state index in [1.165, 1.54) is 25.3 Å². The number of nitrogens with one attached hydrogen (secondary N) is 1. The monoisotopic (exact) mass is 370 g/mol. The normalized spacial score (nSPS) is 10.2. The van der Waals surface area contributed by atoms with Crippen molar-refractivity contribution in [2.45, 2.75) is 0 Å². The van der Waals surface area contributed by atoms with Crippen LogP contribution in [0, 0.1) is 11.3 Å². The van der Waals surface area contributed by atoms with E-state index in [4.69, 9.17) is 26.3 Å². The summed E-state index contributed by atoms with van der Waals surface area (Å²) in [7, 11) is 1.47. The summed E-state index contributed by atoms with van der Waals surface area (Å²) in [4.78, 5) is 23.6. The number of rotatable bonds is 6. The summed E-state index contributed by atoms with van der Waals surface area (Å²) < 4.78 is 10.0. The number of hydrogen-bond donors (Lipinski definition) is 1. The number of amides is 1. The van der Waals surface area contributed by atoms with Crippen LogP contribution in [0.2, 0.25) is 5.02 Å². The molecule has 6 nitrogen and oxygen atoms in total. The number of ether oxygens (including phenoxy) is 2. The molecule has 2 aromatic rings. The number of esters is 1. The molecule has 0 bridgehead atoms. The standard InChI is InChI=1S/C19H15ClN2O4/c1-25-17-8-7-15(20)10-16(17)22-18(23)12-26-19(24)9-6-13-2-4-14(11-21)5-3-13/h2-10H,12H2,1H3,(H,22,23)/b9-6+. The number of benzene rings is 2. The van der Waals surface area contributed by atoms with Crippen LogP contribution in [0.1, 0.15) is 11.1 Å². The number of anilines is 1. The quantitative estimate of drug-likeness (QED) is 0.621. The summed E-state index contributed by atoms with van der Waals surface area (Å²) in [6.07, 6.45) is 2.73. The molecule has 7 heteroatoms. The lowest BCUT2D eigenvalue weighted by molar-refractivity contribution is -0.142. The van der Waals surface area contributed by atoms with Crippen molar-refractivity contribution in [1.29, 1.82) is 5.26 Å². The molecular formula is C19H15ClN2O4. The Kier molecular flexibility index (Phi) is 6.77. The minimum atomic E-state index is -0.664. The molecule has 2 aromatic carbocycles. The Balaban J connectivity index is 1.86. The molecule has 132 valence electrons. The fraction of sp³-hybridized carbons (Fsp3) is 0.105. The van der Waals surface area contributed by atoms with Crippen molar-refractivity contribution in [3.05, 3.63) is 64.7 Å². The largest absolute Gasteiger partial charge is 0.495 e. The first kappa shape index (κ1) is 19.0. The minimum absolute atomic E-state index is 0.383. The van der Waals surface area contributed by atoms with Gasteiger partial charge in [-0.3, -0.25) is 4.79 Å². The van der Waals surface area contributed by atoms with E-state index in [0.29, 0.717) is 22.0 Å². The molecule has 0 aliphatic rings. The maximum absolute atomic E-state index is 11.9. The zero-order valence-electron chi connectivity index (χ0n) is 13.9. The molecule has 1 N–H and O–H groups in total. The van der Waals surface area contributed by atoms with E-state index in [1.54, 1.807) is 36.4 Å². The molecular weight excluding hydrogens is 356 g/mol. The van der Waals surface area contributed by atoms with Crippen molar-refractivity contribution in [3.63, 3.8) is 0 Å². The maximum atomic E-state index is 11.9. The average Bonchev–Trinajstić information content (AvgIpc) is 2.65. The van der Waals surface area contributed by atoms with Crippen LogP contribution in [-0.2, 0) is 14.3 Å². The predicted molar refractivity (Wildman–Crippen MR) is 97.8 cm³/mol. The van der Waals surface area contributed by atoms with E-state index in [-0.39, 0.29) is 0 Å². The van der Waals surface area contributed by atoms with Gasteiger partial charge in [-0.1, -0.05) is 23.7 Å². The van der Waals surface area contributed by atoms with Gasteiger partial charge in [0.15, 0.2) is 6.61 Å². The van der Waals surface area contributed by atoms with Crippen molar-refractivity contribution < 1.29 is 19.1 Å². The number of methoxy groups -OCH3 is 1. The first-order chi connectivity index (χ1) is 12.5. The Hall–Kier alpha value is -3.30. The number of carbonyl (C=O) groups is 2. The van der Waals surface area contributed by atoms with Crippen LogP contribution >= 0.6 is 11.6 Å². The Labute approximate surface area is 155 Å². The number of halogens is 1. The fourth-order valence-corrected chi connectivity index (χ4v) is 2.15. The molecule has 0 saturated carbocycles. The molecule has 0 aliphatic heterocycles. The molecule has 0 aromatic heterocycles. The first-order valence-electron chi connectivity index (χ1n) is 7.50. The molecule has 1 amide bonds. The second kappa shape index (κ2) is 9.25. The van der Waals surface area contributed by atoms with E-state index in [2.05, 4.69) is 5.32 Å². The number of carbonyl (C=O) groups excluding carboxylic acids is 2. The SMILES string of the molecule is COc1ccc(Cl)cc1NC(=O)COC(=O)/C=C/c1ccc(C#N)cc1. The van der Waals surface area contributed by atoms with Crippen LogP contribution in [-0.4, -0.2) is 25.6 Å². The molecule has 0 unspecified atom stereocenters. The predicted octanol–water partition coefficient (Wildman–Crippen LogP) is 3.42. The van der Waals surface area contributed by atoms with Gasteiger partial charge in [0.2, 0.25) is 0 Å². The summed E-state index contributed by atoms with van der Waals surface area (Å²) >= 11 is 5.88. The van der Waals surface area contributed by atoms with Crippen LogP contribution in [0.5, 0.6) is 5.75 Å². The molecule has 0 fully saturated rings. The smallest absolute Gasteiger partial charge is 0.331 e. The van der Waals surface area contributed by atoms with Crippen LogP contribution in [0.25, 0.3) is 6.08 Å². The zero-order valence-corrected chi connectivity index (χ0v) is 14.6. The van der Waals surface area contributed by atoms with E-state index >= 15 is 0 Å². The van der Waals surface area contributed by atoms with E-state index < -0.39 is 18.5 Å². The van der Waals surface area contributed by atoms with Gasteiger partial charge in [-0.2, -0.15) is 5.26 Å². The van der Waals surface area contributed by atoms with Gasteiger partial charge in [0.05, 0.1) is 24.4 Å². The summed E-state index contributed by atoms with van der Waals surface area (Å²) in [6.45, 7) is -0.452. The molecule has 2 rings (SSSR count). The summed E-state index contributed by atoms with van der Waals surface area (Å²) in [5.41, 5.74) is 1.64. The van der Waals surface area contributed by atoms with Crippen LogP contribution in [0.3, 0.4) is 0 Å². The van der Waals surface area contributed by atoms with Crippen molar-refractivity contribution in [2.75, 3.05) is 19.0 Å². The molecule has 0 atom stereocenters. The third-order valence-corrected chi connectivity index (χ3v) is 3.47. The highest BCUT2D eigenvalue weighted by Crippen LogP contribution is 2.27. The Morgan fingerprint density at radius 1 is 1.23 bits per heavy atom. The summed E-state index contributed by atoms with van der Waals surface area (Å²) in [5.74, 6) is -0.747. The summed E-state index contributed by atoms with van der Waals surface area (Å²) in [5, 5.41) is 11.7. The highest BCUT2D eigenvalue weighted by molar-refractivity contribution is 6.31. The second-order valence-electron chi connectivity index (χ2n) is 5.07. The number of nitriles is 1. The van der Waals surface area contributed by atoms with Gasteiger partial charge in [0.25, 0.3) is 5.91 Å². The summed E-state index contributed by atoms with van der Waals surface area (Å²) in [6, 6.07) is 13.4. The van der Waals surface area contributed by atoms with Crippen molar-refractivity contribution in [3.8, 4) is 11.8 Å². The van der Waals surface area contributed by atoms with Crippen molar-refractivity contribution >= 4 is 35.2 Å². The van der Waals surface area contributed by atoms with Crippen molar-refractivity contribution in [2.24, 2.45) is 0 Å². The van der Waals surface area contributed by atoms with Gasteiger partial charge in [-0.15, -0.1) is 0 Å². The molecule has 0 heterocycles. The fourth-order valence-electron chi connectivity index (χ4n) is 1.98. The molecule has 26 heavy (non-hydrogen) atoms. The molecule has 0 saturated heterocycles. The van der Waals surface area contributed by atoms with Gasteiger partial charge < -0.3 is 14.8 Å². The van der Waals surface area contributed by atoms with Crippen molar-refractivity contribution in [1.82, 2.24) is 0 Å². The first-order valence-corrected chi connectivity index (χ1v) is 7.88. The second-order valence-corrected chi connectivity index (χ2v) is 5.50. The third kappa shape index (κ3) is 5.65. The van der Waals surface area contributed by atoms with Gasteiger partial charge in [0, 0.05) is 11.1 Å². The lowest BCUT2D eigenvalue weighted by atomic mass is 10.1. The number of hydrogen-bond acceptors (Lipinski definition) is 5. The van der Waals surface area contributed by atoms with Crippen LogP contribution < -0.4 is 10.1 Å². The third-order valence-electron chi connectivity index (χ3n) is 3.23.